The largest absolute Gasteiger partial charge is 0.193 e. The van der Waals surface area contributed by atoms with Crippen molar-refractivity contribution in [3.8, 4) is 12.1 Å². The van der Waals surface area contributed by atoms with Crippen LogP contribution in [0.25, 0.3) is 0 Å². The smallest absolute Gasteiger partial charge is 0.0991 e. The molecular formula is C22H26N2. The number of rotatable bonds is 7. The van der Waals surface area contributed by atoms with Crippen LogP contribution in [0.4, 0.5) is 0 Å². The highest BCUT2D eigenvalue weighted by molar-refractivity contribution is 5.31. The summed E-state index contributed by atoms with van der Waals surface area (Å²) < 4.78 is 0. The van der Waals surface area contributed by atoms with Gasteiger partial charge in [0.1, 0.15) is 0 Å². The van der Waals surface area contributed by atoms with Gasteiger partial charge in [0.15, 0.2) is 0 Å². The van der Waals surface area contributed by atoms with Gasteiger partial charge in [0.05, 0.1) is 17.7 Å². The second kappa shape index (κ2) is 10.5. The van der Waals surface area contributed by atoms with Crippen molar-refractivity contribution in [3.63, 3.8) is 0 Å². The average molecular weight is 318 g/mol. The van der Waals surface area contributed by atoms with Crippen LogP contribution < -0.4 is 0 Å². The van der Waals surface area contributed by atoms with E-state index in [1.165, 1.54) is 50.2 Å². The second-order valence-corrected chi connectivity index (χ2v) is 6.73. The Kier molecular flexibility index (Phi) is 7.85. The molecule has 0 bridgehead atoms. The summed E-state index contributed by atoms with van der Waals surface area (Å²) >= 11 is 0. The van der Waals surface area contributed by atoms with Crippen LogP contribution in [0.2, 0.25) is 0 Å². The molecule has 124 valence electrons. The zero-order valence-electron chi connectivity index (χ0n) is 14.3. The van der Waals surface area contributed by atoms with Gasteiger partial charge in [0.25, 0.3) is 0 Å². The zero-order chi connectivity index (χ0) is 17.0. The van der Waals surface area contributed by atoms with E-state index in [9.17, 15) is 0 Å². The van der Waals surface area contributed by atoms with Gasteiger partial charge in [-0.25, -0.2) is 0 Å². The molecular weight excluding hydrogens is 292 g/mol. The Balaban J connectivity index is 1.62. The van der Waals surface area contributed by atoms with Gasteiger partial charge in [0.2, 0.25) is 0 Å². The Hall–Kier alpha value is -2.32. The predicted octanol–water partition coefficient (Wildman–Crippen LogP) is 5.71. The third-order valence-corrected chi connectivity index (χ3v) is 5.05. The van der Waals surface area contributed by atoms with Crippen LogP contribution in [0.5, 0.6) is 0 Å². The molecule has 1 aliphatic rings. The molecule has 0 spiro atoms. The molecule has 1 saturated carbocycles. The van der Waals surface area contributed by atoms with E-state index in [1.54, 1.807) is 6.08 Å². The fourth-order valence-corrected chi connectivity index (χ4v) is 3.53. The first-order chi connectivity index (χ1) is 11.8. The lowest BCUT2D eigenvalue weighted by Gasteiger charge is -2.28. The third kappa shape index (κ3) is 6.43. The molecule has 1 aromatic rings. The van der Waals surface area contributed by atoms with Crippen molar-refractivity contribution >= 4 is 0 Å². The van der Waals surface area contributed by atoms with Crippen molar-refractivity contribution in [1.29, 1.82) is 10.5 Å². The first kappa shape index (κ1) is 18.0. The number of allylic oxidation sites excluding steroid dienone is 4. The van der Waals surface area contributed by atoms with Gasteiger partial charge in [-0.3, -0.25) is 0 Å². The summed E-state index contributed by atoms with van der Waals surface area (Å²) in [6.07, 6.45) is 17.7. The first-order valence-electron chi connectivity index (χ1n) is 9.02. The SMILES string of the molecule is N#C/C=C/C=C/CCC1CCC(CCc2ccc(C#N)cc2)CC1. The van der Waals surface area contributed by atoms with Crippen LogP contribution in [-0.4, -0.2) is 0 Å². The van der Waals surface area contributed by atoms with E-state index >= 15 is 0 Å². The molecule has 2 rings (SSSR count). The number of hydrogen-bond donors (Lipinski definition) is 0. The molecule has 0 aliphatic heterocycles. The van der Waals surface area contributed by atoms with E-state index in [4.69, 9.17) is 10.5 Å². The number of benzene rings is 1. The summed E-state index contributed by atoms with van der Waals surface area (Å²) in [6.45, 7) is 0. The van der Waals surface area contributed by atoms with E-state index in [2.05, 4.69) is 24.3 Å². The highest BCUT2D eigenvalue weighted by Gasteiger charge is 2.20. The molecule has 0 atom stereocenters. The highest BCUT2D eigenvalue weighted by Crippen LogP contribution is 2.34. The standard InChI is InChI=1S/C22H26N2/c23-17-5-3-1-2-4-6-19-7-9-20(10-8-19)11-12-21-13-15-22(18-24)16-14-21/h1-3,5,13-16,19-20H,4,6-12H2/b2-1+,5-3+. The lowest BCUT2D eigenvalue weighted by atomic mass is 9.78. The van der Waals surface area contributed by atoms with E-state index in [1.807, 2.05) is 24.3 Å². The number of aryl methyl sites for hydroxylation is 1. The van der Waals surface area contributed by atoms with Crippen LogP contribution >= 0.6 is 0 Å². The van der Waals surface area contributed by atoms with Gasteiger partial charge in [-0.05, 0) is 55.2 Å². The molecule has 2 nitrogen and oxygen atoms in total. The van der Waals surface area contributed by atoms with Crippen LogP contribution in [0.15, 0.2) is 48.6 Å². The number of nitriles is 2. The minimum atomic E-state index is 0.747. The van der Waals surface area contributed by atoms with Gasteiger partial charge in [0, 0.05) is 6.08 Å². The average Bonchev–Trinajstić information content (AvgIpc) is 2.64. The topological polar surface area (TPSA) is 47.6 Å². The van der Waals surface area contributed by atoms with Crippen molar-refractivity contribution in [2.24, 2.45) is 11.8 Å². The van der Waals surface area contributed by atoms with Crippen LogP contribution in [0.3, 0.4) is 0 Å². The molecule has 0 unspecified atom stereocenters. The van der Waals surface area contributed by atoms with E-state index in [-0.39, 0.29) is 0 Å². The summed E-state index contributed by atoms with van der Waals surface area (Å²) in [5.41, 5.74) is 2.10. The van der Waals surface area contributed by atoms with E-state index in [0.29, 0.717) is 0 Å². The maximum absolute atomic E-state index is 8.83. The molecule has 0 saturated heterocycles. The van der Waals surface area contributed by atoms with Crippen LogP contribution in [-0.2, 0) is 6.42 Å². The number of nitrogens with zero attached hydrogens (tertiary/aromatic N) is 2. The Morgan fingerprint density at radius 1 is 0.917 bits per heavy atom. The maximum atomic E-state index is 8.83. The van der Waals surface area contributed by atoms with Crippen LogP contribution in [0.1, 0.15) is 56.1 Å². The van der Waals surface area contributed by atoms with E-state index in [0.717, 1.165) is 30.2 Å². The lowest BCUT2D eigenvalue weighted by molar-refractivity contribution is 0.254. The summed E-state index contributed by atoms with van der Waals surface area (Å²) in [5.74, 6) is 1.74. The molecule has 0 aromatic heterocycles. The summed E-state index contributed by atoms with van der Waals surface area (Å²) in [7, 11) is 0. The zero-order valence-corrected chi connectivity index (χ0v) is 14.3. The van der Waals surface area contributed by atoms with Crippen molar-refractivity contribution in [2.45, 2.75) is 51.4 Å². The minimum absolute atomic E-state index is 0.747. The van der Waals surface area contributed by atoms with Gasteiger partial charge in [-0.2, -0.15) is 10.5 Å². The molecule has 0 amide bonds. The summed E-state index contributed by atoms with van der Waals surface area (Å²) in [6, 6.07) is 12.2. The molecule has 1 fully saturated rings. The van der Waals surface area contributed by atoms with Gasteiger partial charge < -0.3 is 0 Å². The fraction of sp³-hybridized carbons (Fsp3) is 0.455. The van der Waals surface area contributed by atoms with Gasteiger partial charge in [-0.15, -0.1) is 0 Å². The van der Waals surface area contributed by atoms with Gasteiger partial charge in [-0.1, -0.05) is 56.0 Å². The first-order valence-corrected chi connectivity index (χ1v) is 9.02. The fourth-order valence-electron chi connectivity index (χ4n) is 3.53. The Labute approximate surface area is 146 Å². The van der Waals surface area contributed by atoms with Crippen molar-refractivity contribution < 1.29 is 0 Å². The third-order valence-electron chi connectivity index (χ3n) is 5.05. The lowest BCUT2D eigenvalue weighted by Crippen LogP contribution is -2.15. The molecule has 1 aliphatic carbocycles. The molecule has 0 heterocycles. The molecule has 1 aromatic carbocycles. The number of hydrogen-bond acceptors (Lipinski definition) is 2. The van der Waals surface area contributed by atoms with Crippen LogP contribution in [0, 0.1) is 34.5 Å². The molecule has 0 radical (unpaired) electrons. The maximum Gasteiger partial charge on any atom is 0.0991 e. The minimum Gasteiger partial charge on any atom is -0.193 e. The van der Waals surface area contributed by atoms with Crippen molar-refractivity contribution in [3.05, 3.63) is 59.7 Å². The highest BCUT2D eigenvalue weighted by atomic mass is 14.3. The summed E-state index contributed by atoms with van der Waals surface area (Å²) in [4.78, 5) is 0. The normalized spacial score (nSPS) is 20.9. The van der Waals surface area contributed by atoms with Crippen molar-refractivity contribution in [1.82, 2.24) is 0 Å². The molecule has 0 N–H and O–H groups in total. The summed E-state index contributed by atoms with van der Waals surface area (Å²) in [5, 5.41) is 17.2. The monoisotopic (exact) mass is 318 g/mol. The van der Waals surface area contributed by atoms with Crippen molar-refractivity contribution in [2.75, 3.05) is 0 Å². The Bertz CT molecular complexity index is 617. The quantitative estimate of drug-likeness (QED) is 0.477. The molecule has 2 heteroatoms. The Morgan fingerprint density at radius 3 is 2.21 bits per heavy atom. The Morgan fingerprint density at radius 2 is 1.58 bits per heavy atom. The predicted molar refractivity (Wildman–Crippen MR) is 98.1 cm³/mol. The molecule has 24 heavy (non-hydrogen) atoms. The van der Waals surface area contributed by atoms with Gasteiger partial charge >= 0.3 is 0 Å². The van der Waals surface area contributed by atoms with E-state index < -0.39 is 0 Å². The second-order valence-electron chi connectivity index (χ2n) is 6.73.